The van der Waals surface area contributed by atoms with Crippen molar-refractivity contribution >= 4 is 21.6 Å². The van der Waals surface area contributed by atoms with Crippen LogP contribution in [-0.2, 0) is 20.2 Å². The van der Waals surface area contributed by atoms with Gasteiger partial charge in [0.25, 0.3) is 15.9 Å². The van der Waals surface area contributed by atoms with Gasteiger partial charge in [0.2, 0.25) is 0 Å². The number of ether oxygens (including phenoxy) is 2. The molecule has 8 heteroatoms. The van der Waals surface area contributed by atoms with Gasteiger partial charge in [-0.3, -0.25) is 9.10 Å². The minimum atomic E-state index is -3.94. The first-order valence-corrected chi connectivity index (χ1v) is 14.2. The number of sulfonamides is 1. The molecule has 7 nitrogen and oxygen atoms in total. The molecule has 1 amide bonds. The van der Waals surface area contributed by atoms with Crippen LogP contribution < -0.4 is 19.1 Å². The van der Waals surface area contributed by atoms with Gasteiger partial charge in [0, 0.05) is 0 Å². The van der Waals surface area contributed by atoms with E-state index in [-0.39, 0.29) is 28.8 Å². The number of hydrogen-bond acceptors (Lipinski definition) is 5. The number of carbonyl (C=O) groups excluding carboxylic acids is 1. The molecule has 0 spiro atoms. The Balaban J connectivity index is 1.68. The second kappa shape index (κ2) is 10.7. The molecule has 0 aromatic heterocycles. The van der Waals surface area contributed by atoms with Crippen molar-refractivity contribution in [2.24, 2.45) is 0 Å². The molecule has 3 aromatic rings. The molecule has 1 aliphatic heterocycles. The highest BCUT2D eigenvalue weighted by molar-refractivity contribution is 7.92. The Morgan fingerprint density at radius 1 is 1.11 bits per heavy atom. The molecule has 4 rings (SSSR count). The fraction of sp³-hybridized carbons (Fsp3) is 0.367. The second-order valence-corrected chi connectivity index (χ2v) is 12.4. The number of aryl methyl sites for hydroxylation is 1. The van der Waals surface area contributed by atoms with Crippen molar-refractivity contribution in [1.29, 1.82) is 0 Å². The molecule has 0 radical (unpaired) electrons. The maximum absolute atomic E-state index is 13.8. The van der Waals surface area contributed by atoms with E-state index < -0.39 is 16.1 Å². The summed E-state index contributed by atoms with van der Waals surface area (Å²) in [6, 6.07) is 19.3. The standard InChI is InChI=1S/C30H36N2O5S/c1-7-24(21-13-15-26(36-6)20(2)17-21)31-29(33)28-19-32(38(34,35)23-11-9-8-10-12-23)25-18-22(30(3,4)5)14-16-27(25)37-28/h8-18,24,28H,7,19H2,1-6H3,(H,31,33)/t24-,28+/m1/s1. The minimum Gasteiger partial charge on any atom is -0.496 e. The van der Waals surface area contributed by atoms with Crippen LogP contribution in [0.25, 0.3) is 0 Å². The summed E-state index contributed by atoms with van der Waals surface area (Å²) >= 11 is 0. The number of nitrogens with zero attached hydrogens (tertiary/aromatic N) is 1. The number of anilines is 1. The molecule has 3 aromatic carbocycles. The molecule has 0 aliphatic carbocycles. The number of methoxy groups -OCH3 is 1. The quantitative estimate of drug-likeness (QED) is 0.430. The zero-order valence-electron chi connectivity index (χ0n) is 22.8. The monoisotopic (exact) mass is 536 g/mol. The average molecular weight is 537 g/mol. The van der Waals surface area contributed by atoms with Crippen LogP contribution in [0.5, 0.6) is 11.5 Å². The van der Waals surface area contributed by atoms with Crippen molar-refractivity contribution in [2.45, 2.75) is 63.5 Å². The number of hydrogen-bond donors (Lipinski definition) is 1. The van der Waals surface area contributed by atoms with Gasteiger partial charge in [-0.2, -0.15) is 0 Å². The zero-order chi connectivity index (χ0) is 27.7. The smallest absolute Gasteiger partial charge is 0.264 e. The van der Waals surface area contributed by atoms with E-state index >= 15 is 0 Å². The normalized spacial score (nSPS) is 16.3. The Bertz CT molecular complexity index is 1410. The lowest BCUT2D eigenvalue weighted by atomic mass is 9.86. The van der Waals surface area contributed by atoms with Crippen molar-refractivity contribution in [1.82, 2.24) is 5.32 Å². The number of amides is 1. The van der Waals surface area contributed by atoms with E-state index in [1.807, 2.05) is 44.2 Å². The highest BCUT2D eigenvalue weighted by Crippen LogP contribution is 2.40. The van der Waals surface area contributed by atoms with Gasteiger partial charge in [-0.15, -0.1) is 0 Å². The molecular formula is C30H36N2O5S. The lowest BCUT2D eigenvalue weighted by molar-refractivity contribution is -0.128. The van der Waals surface area contributed by atoms with Gasteiger partial charge in [0.15, 0.2) is 6.10 Å². The molecule has 202 valence electrons. The van der Waals surface area contributed by atoms with Crippen LogP contribution in [0.4, 0.5) is 5.69 Å². The van der Waals surface area contributed by atoms with Gasteiger partial charge in [0.1, 0.15) is 11.5 Å². The van der Waals surface area contributed by atoms with Crippen molar-refractivity contribution in [3.63, 3.8) is 0 Å². The minimum absolute atomic E-state index is 0.137. The summed E-state index contributed by atoms with van der Waals surface area (Å²) in [6.07, 6.45) is -0.364. The Morgan fingerprint density at radius 2 is 1.82 bits per heavy atom. The fourth-order valence-corrected chi connectivity index (χ4v) is 6.09. The first kappa shape index (κ1) is 27.5. The zero-order valence-corrected chi connectivity index (χ0v) is 23.6. The van der Waals surface area contributed by atoms with Gasteiger partial charge in [0.05, 0.1) is 30.3 Å². The third-order valence-corrected chi connectivity index (χ3v) is 8.66. The highest BCUT2D eigenvalue weighted by Gasteiger charge is 2.38. The van der Waals surface area contributed by atoms with Crippen molar-refractivity contribution < 1.29 is 22.7 Å². The van der Waals surface area contributed by atoms with E-state index in [4.69, 9.17) is 9.47 Å². The highest BCUT2D eigenvalue weighted by atomic mass is 32.2. The number of fused-ring (bicyclic) bond motifs is 1. The summed E-state index contributed by atoms with van der Waals surface area (Å²) in [6.45, 7) is 10.0. The van der Waals surface area contributed by atoms with E-state index in [9.17, 15) is 13.2 Å². The first-order chi connectivity index (χ1) is 18.0. The van der Waals surface area contributed by atoms with E-state index in [1.165, 1.54) is 4.31 Å². The summed E-state index contributed by atoms with van der Waals surface area (Å²) in [4.78, 5) is 13.7. The van der Waals surface area contributed by atoms with Crippen LogP contribution in [0.15, 0.2) is 71.6 Å². The van der Waals surface area contributed by atoms with E-state index in [0.29, 0.717) is 17.9 Å². The molecular weight excluding hydrogens is 500 g/mol. The third kappa shape index (κ3) is 5.50. The molecule has 0 fully saturated rings. The Hall–Kier alpha value is -3.52. The van der Waals surface area contributed by atoms with E-state index in [0.717, 1.165) is 22.4 Å². The second-order valence-electron chi connectivity index (χ2n) is 10.6. The van der Waals surface area contributed by atoms with Crippen LogP contribution in [0.2, 0.25) is 0 Å². The maximum Gasteiger partial charge on any atom is 0.264 e. The van der Waals surface area contributed by atoms with Crippen LogP contribution in [-0.4, -0.2) is 34.1 Å². The van der Waals surface area contributed by atoms with Crippen molar-refractivity contribution in [3.8, 4) is 11.5 Å². The SMILES string of the molecule is CC[C@@H](NC(=O)[C@@H]1CN(S(=O)(=O)c2ccccc2)c2cc(C(C)(C)C)ccc2O1)c1ccc(OC)c(C)c1. The number of nitrogens with one attached hydrogen (secondary N) is 1. The van der Waals surface area contributed by atoms with Gasteiger partial charge >= 0.3 is 0 Å². The number of benzene rings is 3. The lowest BCUT2D eigenvalue weighted by Gasteiger charge is -2.36. The van der Waals surface area contributed by atoms with Gasteiger partial charge < -0.3 is 14.8 Å². The van der Waals surface area contributed by atoms with Gasteiger partial charge in [-0.25, -0.2) is 8.42 Å². The Morgan fingerprint density at radius 3 is 2.42 bits per heavy atom. The van der Waals surface area contributed by atoms with Crippen LogP contribution in [0.3, 0.4) is 0 Å². The molecule has 2 atom stereocenters. The molecule has 0 saturated carbocycles. The Labute approximate surface area is 225 Å². The summed E-state index contributed by atoms with van der Waals surface area (Å²) in [5.41, 5.74) is 3.12. The maximum atomic E-state index is 13.8. The summed E-state index contributed by atoms with van der Waals surface area (Å²) in [5, 5.41) is 3.07. The van der Waals surface area contributed by atoms with Crippen molar-refractivity contribution in [2.75, 3.05) is 18.0 Å². The fourth-order valence-electron chi connectivity index (χ4n) is 4.61. The van der Waals surface area contributed by atoms with Gasteiger partial charge in [-0.1, -0.05) is 64.1 Å². The van der Waals surface area contributed by atoms with Crippen LogP contribution in [0.1, 0.15) is 56.8 Å². The van der Waals surface area contributed by atoms with E-state index in [1.54, 1.807) is 43.5 Å². The number of rotatable bonds is 7. The molecule has 38 heavy (non-hydrogen) atoms. The molecule has 1 heterocycles. The molecule has 0 saturated heterocycles. The van der Waals surface area contributed by atoms with Crippen molar-refractivity contribution in [3.05, 3.63) is 83.4 Å². The average Bonchev–Trinajstić information content (AvgIpc) is 2.90. The molecule has 0 bridgehead atoms. The number of carbonyl (C=O) groups is 1. The predicted molar refractivity (Wildman–Crippen MR) is 149 cm³/mol. The van der Waals surface area contributed by atoms with E-state index in [2.05, 4.69) is 26.1 Å². The third-order valence-electron chi connectivity index (χ3n) is 6.86. The molecule has 0 unspecified atom stereocenters. The van der Waals surface area contributed by atoms with Gasteiger partial charge in [-0.05, 0) is 65.8 Å². The predicted octanol–water partition coefficient (Wildman–Crippen LogP) is 5.52. The summed E-state index contributed by atoms with van der Waals surface area (Å²) in [7, 11) is -2.32. The summed E-state index contributed by atoms with van der Waals surface area (Å²) in [5.74, 6) is 0.764. The molecule has 1 N–H and O–H groups in total. The van der Waals surface area contributed by atoms with Crippen LogP contribution in [0, 0.1) is 6.92 Å². The largest absolute Gasteiger partial charge is 0.496 e. The lowest BCUT2D eigenvalue weighted by Crippen LogP contribution is -2.51. The topological polar surface area (TPSA) is 84.9 Å². The Kier molecular flexibility index (Phi) is 7.74. The molecule has 1 aliphatic rings. The first-order valence-electron chi connectivity index (χ1n) is 12.8. The van der Waals surface area contributed by atoms with Crippen LogP contribution >= 0.6 is 0 Å². The summed E-state index contributed by atoms with van der Waals surface area (Å²) < 4.78 is 40.4.